The van der Waals surface area contributed by atoms with Gasteiger partial charge in [-0.25, -0.2) is 9.18 Å². The molecule has 148 valence electrons. The summed E-state index contributed by atoms with van der Waals surface area (Å²) in [6.07, 6.45) is 1.44. The highest BCUT2D eigenvalue weighted by Gasteiger charge is 2.23. The number of halogens is 1. The number of rotatable bonds is 5. The Labute approximate surface area is 163 Å². The Morgan fingerprint density at radius 1 is 1.11 bits per heavy atom. The number of piperidine rings is 1. The van der Waals surface area contributed by atoms with Crippen LogP contribution in [-0.2, 0) is 4.74 Å². The highest BCUT2D eigenvalue weighted by Crippen LogP contribution is 2.20. The van der Waals surface area contributed by atoms with Crippen molar-refractivity contribution in [2.75, 3.05) is 30.3 Å². The highest BCUT2D eigenvalue weighted by molar-refractivity contribution is 6.04. The fourth-order valence-corrected chi connectivity index (χ4v) is 3.14. The van der Waals surface area contributed by atoms with E-state index in [1.807, 2.05) is 12.1 Å². The van der Waals surface area contributed by atoms with Crippen LogP contribution < -0.4 is 10.6 Å². The molecule has 1 saturated heterocycles. The van der Waals surface area contributed by atoms with E-state index in [1.165, 1.54) is 18.2 Å². The molecule has 0 bridgehead atoms. The molecule has 28 heavy (non-hydrogen) atoms. The molecule has 2 aromatic carbocycles. The maximum atomic E-state index is 13.2. The van der Waals surface area contributed by atoms with E-state index in [4.69, 9.17) is 4.74 Å². The van der Waals surface area contributed by atoms with Crippen LogP contribution in [0.5, 0.6) is 0 Å². The number of nitrogens with one attached hydrogen (secondary N) is 2. The second-order valence-electron chi connectivity index (χ2n) is 6.65. The minimum atomic E-state index is -0.443. The van der Waals surface area contributed by atoms with Gasteiger partial charge in [-0.2, -0.15) is 0 Å². The molecule has 2 amide bonds. The van der Waals surface area contributed by atoms with Crippen molar-refractivity contribution in [3.8, 4) is 0 Å². The summed E-state index contributed by atoms with van der Waals surface area (Å²) in [6.45, 7) is 3.52. The van der Waals surface area contributed by atoms with E-state index >= 15 is 0 Å². The fourth-order valence-electron chi connectivity index (χ4n) is 3.14. The van der Waals surface area contributed by atoms with Crippen LogP contribution in [0.25, 0.3) is 0 Å². The van der Waals surface area contributed by atoms with Gasteiger partial charge in [0.05, 0.1) is 6.61 Å². The van der Waals surface area contributed by atoms with Crippen molar-refractivity contribution in [3.05, 3.63) is 59.9 Å². The lowest BCUT2D eigenvalue weighted by Gasteiger charge is -2.32. The van der Waals surface area contributed by atoms with Crippen molar-refractivity contribution < 1.29 is 18.7 Å². The lowest BCUT2D eigenvalue weighted by atomic mass is 10.0. The average molecular weight is 385 g/mol. The van der Waals surface area contributed by atoms with Crippen LogP contribution in [-0.4, -0.2) is 42.6 Å². The molecule has 2 N–H and O–H groups in total. The standard InChI is InChI=1S/C21H24FN3O3/c1-2-28-21(27)25-12-10-19(11-13-25)23-17-6-8-18(9-7-17)24-20(26)15-4-3-5-16(22)14-15/h3-9,14,19,23H,2,10-13H2,1H3,(H,24,26). The quantitative estimate of drug-likeness (QED) is 0.813. The van der Waals surface area contributed by atoms with Gasteiger partial charge in [-0.05, 0) is 62.2 Å². The van der Waals surface area contributed by atoms with E-state index in [0.29, 0.717) is 25.4 Å². The van der Waals surface area contributed by atoms with Gasteiger partial charge < -0.3 is 20.3 Å². The Morgan fingerprint density at radius 3 is 2.43 bits per heavy atom. The van der Waals surface area contributed by atoms with Gasteiger partial charge in [0.2, 0.25) is 0 Å². The van der Waals surface area contributed by atoms with Crippen molar-refractivity contribution in [1.29, 1.82) is 0 Å². The summed E-state index contributed by atoms with van der Waals surface area (Å²) in [4.78, 5) is 25.6. The molecule has 0 aromatic heterocycles. The minimum absolute atomic E-state index is 0.251. The minimum Gasteiger partial charge on any atom is -0.450 e. The second kappa shape index (κ2) is 9.21. The normalized spacial score (nSPS) is 14.4. The van der Waals surface area contributed by atoms with Gasteiger partial charge in [-0.15, -0.1) is 0 Å². The van der Waals surface area contributed by atoms with Crippen molar-refractivity contribution in [3.63, 3.8) is 0 Å². The Hall–Kier alpha value is -3.09. The predicted octanol–water partition coefficient (Wildman–Crippen LogP) is 4.11. The van der Waals surface area contributed by atoms with Gasteiger partial charge in [-0.1, -0.05) is 6.07 Å². The third-order valence-electron chi connectivity index (χ3n) is 4.62. The monoisotopic (exact) mass is 385 g/mol. The molecule has 0 atom stereocenters. The number of benzene rings is 2. The Balaban J connectivity index is 1.50. The molecule has 1 heterocycles. The van der Waals surface area contributed by atoms with Gasteiger partial charge in [0, 0.05) is 36.1 Å². The zero-order valence-corrected chi connectivity index (χ0v) is 15.8. The molecule has 0 saturated carbocycles. The van der Waals surface area contributed by atoms with Gasteiger partial charge in [-0.3, -0.25) is 4.79 Å². The van der Waals surface area contributed by atoms with Crippen LogP contribution in [0.3, 0.4) is 0 Å². The fraction of sp³-hybridized carbons (Fsp3) is 0.333. The van der Waals surface area contributed by atoms with Gasteiger partial charge in [0.1, 0.15) is 5.82 Å². The predicted molar refractivity (Wildman–Crippen MR) is 106 cm³/mol. The molecular weight excluding hydrogens is 361 g/mol. The van der Waals surface area contributed by atoms with Crippen LogP contribution in [0.4, 0.5) is 20.6 Å². The largest absolute Gasteiger partial charge is 0.450 e. The summed E-state index contributed by atoms with van der Waals surface area (Å²) in [5.41, 5.74) is 1.85. The Kier molecular flexibility index (Phi) is 6.47. The SMILES string of the molecule is CCOC(=O)N1CCC(Nc2ccc(NC(=O)c3cccc(F)c3)cc2)CC1. The first-order valence-electron chi connectivity index (χ1n) is 9.40. The molecule has 1 fully saturated rings. The maximum absolute atomic E-state index is 13.2. The summed E-state index contributed by atoms with van der Waals surface area (Å²) < 4.78 is 18.3. The van der Waals surface area contributed by atoms with E-state index in [-0.39, 0.29) is 23.6 Å². The summed E-state index contributed by atoms with van der Waals surface area (Å²) in [6, 6.07) is 13.2. The summed E-state index contributed by atoms with van der Waals surface area (Å²) >= 11 is 0. The van der Waals surface area contributed by atoms with Crippen molar-refractivity contribution in [2.45, 2.75) is 25.8 Å². The van der Waals surface area contributed by atoms with Gasteiger partial charge >= 0.3 is 6.09 Å². The number of carbonyl (C=O) groups is 2. The molecule has 1 aliphatic heterocycles. The number of ether oxygens (including phenoxy) is 1. The number of hydrogen-bond donors (Lipinski definition) is 2. The molecule has 6 nitrogen and oxygen atoms in total. The number of amides is 2. The molecule has 2 aromatic rings. The number of likely N-dealkylation sites (tertiary alicyclic amines) is 1. The molecular formula is C21H24FN3O3. The maximum Gasteiger partial charge on any atom is 0.409 e. The van der Waals surface area contributed by atoms with Crippen molar-refractivity contribution >= 4 is 23.4 Å². The van der Waals surface area contributed by atoms with Gasteiger partial charge in [0.25, 0.3) is 5.91 Å². The number of carbonyl (C=O) groups excluding carboxylic acids is 2. The van der Waals surface area contributed by atoms with Crippen molar-refractivity contribution in [1.82, 2.24) is 4.90 Å². The Bertz CT molecular complexity index is 818. The molecule has 0 aliphatic carbocycles. The molecule has 0 radical (unpaired) electrons. The van der Waals surface area contributed by atoms with Crippen LogP contribution in [0.1, 0.15) is 30.1 Å². The Morgan fingerprint density at radius 2 is 1.79 bits per heavy atom. The van der Waals surface area contributed by atoms with Crippen LogP contribution in [0, 0.1) is 5.82 Å². The molecule has 0 unspecified atom stereocenters. The van der Waals surface area contributed by atoms with Crippen LogP contribution in [0.2, 0.25) is 0 Å². The number of nitrogens with zero attached hydrogens (tertiary/aromatic N) is 1. The zero-order valence-electron chi connectivity index (χ0n) is 15.8. The topological polar surface area (TPSA) is 70.7 Å². The number of hydrogen-bond acceptors (Lipinski definition) is 4. The summed E-state index contributed by atoms with van der Waals surface area (Å²) in [7, 11) is 0. The number of anilines is 2. The highest BCUT2D eigenvalue weighted by atomic mass is 19.1. The lowest BCUT2D eigenvalue weighted by molar-refractivity contribution is 0.0981. The van der Waals surface area contributed by atoms with Gasteiger partial charge in [0.15, 0.2) is 0 Å². The van der Waals surface area contributed by atoms with Crippen molar-refractivity contribution in [2.24, 2.45) is 0 Å². The molecule has 0 spiro atoms. The van der Waals surface area contributed by atoms with E-state index in [2.05, 4.69) is 10.6 Å². The van der Waals surface area contributed by atoms with E-state index < -0.39 is 5.82 Å². The van der Waals surface area contributed by atoms with E-state index in [1.54, 1.807) is 30.0 Å². The zero-order chi connectivity index (χ0) is 19.9. The molecule has 7 heteroatoms. The van der Waals surface area contributed by atoms with Crippen LogP contribution in [0.15, 0.2) is 48.5 Å². The first kappa shape index (κ1) is 19.7. The smallest absolute Gasteiger partial charge is 0.409 e. The summed E-state index contributed by atoms with van der Waals surface area (Å²) in [5, 5.41) is 6.21. The first-order valence-corrected chi connectivity index (χ1v) is 9.40. The van der Waals surface area contributed by atoms with E-state index in [0.717, 1.165) is 18.5 Å². The third-order valence-corrected chi connectivity index (χ3v) is 4.62. The van der Waals surface area contributed by atoms with E-state index in [9.17, 15) is 14.0 Å². The lowest BCUT2D eigenvalue weighted by Crippen LogP contribution is -2.42. The third kappa shape index (κ3) is 5.22. The first-order chi connectivity index (χ1) is 13.5. The van der Waals surface area contributed by atoms with Crippen LogP contribution >= 0.6 is 0 Å². The second-order valence-corrected chi connectivity index (χ2v) is 6.65. The molecule has 3 rings (SSSR count). The average Bonchev–Trinajstić information content (AvgIpc) is 2.70. The summed E-state index contributed by atoms with van der Waals surface area (Å²) in [5.74, 6) is -0.798. The molecule has 1 aliphatic rings.